The average molecular weight is 217 g/mol. The van der Waals surface area contributed by atoms with Crippen molar-refractivity contribution in [2.45, 2.75) is 25.5 Å². The quantitative estimate of drug-likeness (QED) is 0.809. The number of benzene rings is 1. The molecule has 1 heterocycles. The molecule has 0 aromatic heterocycles. The maximum absolute atomic E-state index is 11.7. The van der Waals surface area contributed by atoms with Gasteiger partial charge in [-0.2, -0.15) is 0 Å². The summed E-state index contributed by atoms with van der Waals surface area (Å²) in [6.45, 7) is 1.97. The second-order valence-electron chi connectivity index (χ2n) is 4.05. The fourth-order valence-electron chi connectivity index (χ4n) is 1.95. The Morgan fingerprint density at radius 3 is 2.62 bits per heavy atom. The van der Waals surface area contributed by atoms with E-state index >= 15 is 0 Å². The number of hydrogen-bond donors (Lipinski definition) is 2. The Labute approximate surface area is 94.8 Å². The van der Waals surface area contributed by atoms with E-state index in [-0.39, 0.29) is 5.91 Å². The SMILES string of the molecule is CCCC1(O)C=C(c2ccccc2)C(=O)N1. The molecule has 16 heavy (non-hydrogen) atoms. The molecular weight excluding hydrogens is 202 g/mol. The molecule has 0 fully saturated rings. The van der Waals surface area contributed by atoms with E-state index < -0.39 is 5.72 Å². The van der Waals surface area contributed by atoms with Gasteiger partial charge in [-0.25, -0.2) is 0 Å². The molecule has 1 amide bonds. The minimum Gasteiger partial charge on any atom is -0.367 e. The van der Waals surface area contributed by atoms with Crippen LogP contribution in [0.5, 0.6) is 0 Å². The Morgan fingerprint density at radius 1 is 1.31 bits per heavy atom. The molecule has 1 aliphatic rings. The third-order valence-electron chi connectivity index (χ3n) is 2.67. The Balaban J connectivity index is 2.32. The molecule has 3 heteroatoms. The molecule has 1 aromatic carbocycles. The van der Waals surface area contributed by atoms with E-state index in [1.165, 1.54) is 0 Å². The number of aliphatic hydroxyl groups is 1. The molecule has 1 aliphatic heterocycles. The number of carbonyl (C=O) groups excluding carboxylic acids is 1. The third kappa shape index (κ3) is 1.99. The van der Waals surface area contributed by atoms with Crippen LogP contribution in [-0.4, -0.2) is 16.7 Å². The van der Waals surface area contributed by atoms with Gasteiger partial charge in [-0.15, -0.1) is 0 Å². The predicted molar refractivity (Wildman–Crippen MR) is 62.4 cm³/mol. The normalized spacial score (nSPS) is 24.1. The van der Waals surface area contributed by atoms with E-state index in [0.29, 0.717) is 12.0 Å². The number of carbonyl (C=O) groups is 1. The van der Waals surface area contributed by atoms with Crippen LogP contribution in [0.15, 0.2) is 36.4 Å². The largest absolute Gasteiger partial charge is 0.367 e. The first-order chi connectivity index (χ1) is 7.64. The summed E-state index contributed by atoms with van der Waals surface area (Å²) < 4.78 is 0. The lowest BCUT2D eigenvalue weighted by atomic mass is 10.0. The van der Waals surface area contributed by atoms with Crippen LogP contribution in [0.1, 0.15) is 25.3 Å². The van der Waals surface area contributed by atoms with Crippen LogP contribution in [0.4, 0.5) is 0 Å². The molecule has 2 rings (SSSR count). The molecule has 0 bridgehead atoms. The molecule has 1 unspecified atom stereocenters. The third-order valence-corrected chi connectivity index (χ3v) is 2.67. The van der Waals surface area contributed by atoms with Gasteiger partial charge in [-0.1, -0.05) is 43.7 Å². The van der Waals surface area contributed by atoms with Gasteiger partial charge in [-0.3, -0.25) is 4.79 Å². The Morgan fingerprint density at radius 2 is 2.00 bits per heavy atom. The van der Waals surface area contributed by atoms with Crippen LogP contribution in [0.2, 0.25) is 0 Å². The Bertz CT molecular complexity index is 425. The minimum absolute atomic E-state index is 0.206. The summed E-state index contributed by atoms with van der Waals surface area (Å²) in [7, 11) is 0. The summed E-state index contributed by atoms with van der Waals surface area (Å²) in [4.78, 5) is 11.7. The second-order valence-corrected chi connectivity index (χ2v) is 4.05. The van der Waals surface area contributed by atoms with Gasteiger partial charge < -0.3 is 10.4 Å². The van der Waals surface area contributed by atoms with E-state index in [2.05, 4.69) is 5.32 Å². The molecule has 0 aliphatic carbocycles. The minimum atomic E-state index is -1.17. The summed E-state index contributed by atoms with van der Waals surface area (Å²) in [5.41, 5.74) is 0.223. The van der Waals surface area contributed by atoms with E-state index in [9.17, 15) is 9.90 Å². The van der Waals surface area contributed by atoms with Crippen LogP contribution in [0.3, 0.4) is 0 Å². The van der Waals surface area contributed by atoms with Crippen molar-refractivity contribution in [3.05, 3.63) is 42.0 Å². The molecule has 84 valence electrons. The molecule has 0 radical (unpaired) electrons. The van der Waals surface area contributed by atoms with E-state index in [1.807, 2.05) is 37.3 Å². The van der Waals surface area contributed by atoms with Crippen LogP contribution < -0.4 is 5.32 Å². The van der Waals surface area contributed by atoms with Crippen molar-refractivity contribution in [2.24, 2.45) is 0 Å². The lowest BCUT2D eigenvalue weighted by Crippen LogP contribution is -2.41. The molecule has 2 N–H and O–H groups in total. The van der Waals surface area contributed by atoms with Crippen molar-refractivity contribution in [1.82, 2.24) is 5.32 Å². The predicted octanol–water partition coefficient (Wildman–Crippen LogP) is 1.69. The highest BCUT2D eigenvalue weighted by atomic mass is 16.3. The van der Waals surface area contributed by atoms with Crippen molar-refractivity contribution < 1.29 is 9.90 Å². The van der Waals surface area contributed by atoms with Crippen LogP contribution in [0, 0.1) is 0 Å². The zero-order valence-electron chi connectivity index (χ0n) is 9.23. The van der Waals surface area contributed by atoms with Crippen molar-refractivity contribution in [2.75, 3.05) is 0 Å². The molecule has 3 nitrogen and oxygen atoms in total. The monoisotopic (exact) mass is 217 g/mol. The summed E-state index contributed by atoms with van der Waals surface area (Å²) in [6.07, 6.45) is 2.97. The molecular formula is C13H15NO2. The first kappa shape index (κ1) is 10.9. The van der Waals surface area contributed by atoms with Gasteiger partial charge in [0.25, 0.3) is 5.91 Å². The fraction of sp³-hybridized carbons (Fsp3) is 0.308. The second kappa shape index (κ2) is 4.10. The molecule has 0 spiro atoms. The number of amides is 1. The zero-order valence-corrected chi connectivity index (χ0v) is 9.23. The fourth-order valence-corrected chi connectivity index (χ4v) is 1.95. The van der Waals surface area contributed by atoms with Gasteiger partial charge in [0, 0.05) is 5.57 Å². The summed E-state index contributed by atoms with van der Waals surface area (Å²) in [5, 5.41) is 12.7. The molecule has 1 atom stereocenters. The van der Waals surface area contributed by atoms with Crippen LogP contribution >= 0.6 is 0 Å². The highest BCUT2D eigenvalue weighted by molar-refractivity contribution is 6.22. The lowest BCUT2D eigenvalue weighted by Gasteiger charge is -2.19. The van der Waals surface area contributed by atoms with Gasteiger partial charge in [0.05, 0.1) is 0 Å². The summed E-state index contributed by atoms with van der Waals surface area (Å²) in [5.74, 6) is -0.206. The van der Waals surface area contributed by atoms with Crippen molar-refractivity contribution in [3.63, 3.8) is 0 Å². The van der Waals surface area contributed by atoms with E-state index in [0.717, 1.165) is 12.0 Å². The number of rotatable bonds is 3. The summed E-state index contributed by atoms with van der Waals surface area (Å²) in [6, 6.07) is 9.38. The standard InChI is InChI=1S/C13H15NO2/c1-2-8-13(16)9-11(12(15)14-13)10-6-4-3-5-7-10/h3-7,9,16H,2,8H2,1H3,(H,14,15). The van der Waals surface area contributed by atoms with Gasteiger partial charge >= 0.3 is 0 Å². The van der Waals surface area contributed by atoms with Crippen LogP contribution in [0.25, 0.3) is 5.57 Å². The first-order valence-electron chi connectivity index (χ1n) is 5.48. The highest BCUT2D eigenvalue weighted by Gasteiger charge is 2.34. The van der Waals surface area contributed by atoms with Crippen molar-refractivity contribution in [3.8, 4) is 0 Å². The number of hydrogen-bond acceptors (Lipinski definition) is 2. The molecule has 0 saturated carbocycles. The smallest absolute Gasteiger partial charge is 0.254 e. The maximum Gasteiger partial charge on any atom is 0.254 e. The maximum atomic E-state index is 11.7. The topological polar surface area (TPSA) is 49.3 Å². The summed E-state index contributed by atoms with van der Waals surface area (Å²) >= 11 is 0. The highest BCUT2D eigenvalue weighted by Crippen LogP contribution is 2.26. The lowest BCUT2D eigenvalue weighted by molar-refractivity contribution is -0.119. The van der Waals surface area contributed by atoms with Gasteiger partial charge in [0.2, 0.25) is 0 Å². The Hall–Kier alpha value is -1.61. The number of nitrogens with one attached hydrogen (secondary N) is 1. The van der Waals surface area contributed by atoms with Crippen molar-refractivity contribution in [1.29, 1.82) is 0 Å². The van der Waals surface area contributed by atoms with E-state index in [1.54, 1.807) is 6.08 Å². The Kier molecular flexibility index (Phi) is 2.79. The van der Waals surface area contributed by atoms with Gasteiger partial charge in [0.1, 0.15) is 0 Å². The van der Waals surface area contributed by atoms with Gasteiger partial charge in [-0.05, 0) is 18.1 Å². The van der Waals surface area contributed by atoms with Gasteiger partial charge in [0.15, 0.2) is 5.72 Å². The van der Waals surface area contributed by atoms with Crippen LogP contribution in [-0.2, 0) is 4.79 Å². The van der Waals surface area contributed by atoms with E-state index in [4.69, 9.17) is 0 Å². The molecule has 1 aromatic rings. The zero-order chi connectivity index (χ0) is 11.6. The molecule has 0 saturated heterocycles. The first-order valence-corrected chi connectivity index (χ1v) is 5.48. The average Bonchev–Trinajstić information content (AvgIpc) is 2.56. The van der Waals surface area contributed by atoms with Crippen molar-refractivity contribution >= 4 is 11.5 Å².